The van der Waals surface area contributed by atoms with Crippen molar-refractivity contribution in [3.63, 3.8) is 0 Å². The molecule has 0 saturated heterocycles. The van der Waals surface area contributed by atoms with Gasteiger partial charge >= 0.3 is 12.1 Å². The van der Waals surface area contributed by atoms with Gasteiger partial charge in [0.05, 0.1) is 29.1 Å². The number of rotatable bonds is 5. The van der Waals surface area contributed by atoms with Gasteiger partial charge in [0.25, 0.3) is 5.91 Å². The molecule has 0 aromatic heterocycles. The number of nitrogens with zero attached hydrogens (tertiary/aromatic N) is 1. The van der Waals surface area contributed by atoms with Gasteiger partial charge in [-0.05, 0) is 32.0 Å². The fraction of sp³-hybridized carbons (Fsp3) is 0.273. The molecular weight excluding hydrogens is 449 g/mol. The van der Waals surface area contributed by atoms with E-state index in [1.54, 1.807) is 13.8 Å². The third kappa shape index (κ3) is 4.38. The standard InChI is InChI=1S/C22H20ClF3N2O4/c1-11-8-13(12(2)28(11)18-7-5-4-6-15(18)22(24,25)26)20(29)27-17-10-19(32-3)14(21(30)31)9-16(17)23/h4-7,9-11H,8H2,1-3H3,(H,27,29)(H,30,31). The van der Waals surface area contributed by atoms with E-state index in [1.165, 1.54) is 36.3 Å². The maximum Gasteiger partial charge on any atom is 0.418 e. The summed E-state index contributed by atoms with van der Waals surface area (Å²) in [6.45, 7) is 3.32. The number of anilines is 2. The summed E-state index contributed by atoms with van der Waals surface area (Å²) in [4.78, 5) is 25.8. The van der Waals surface area contributed by atoms with E-state index in [-0.39, 0.29) is 34.1 Å². The Morgan fingerprint density at radius 2 is 1.91 bits per heavy atom. The van der Waals surface area contributed by atoms with Crippen molar-refractivity contribution in [3.8, 4) is 5.75 Å². The van der Waals surface area contributed by atoms with Gasteiger partial charge in [-0.25, -0.2) is 4.79 Å². The van der Waals surface area contributed by atoms with E-state index in [1.807, 2.05) is 0 Å². The molecule has 0 bridgehead atoms. The number of carbonyl (C=O) groups is 2. The molecule has 1 heterocycles. The van der Waals surface area contributed by atoms with Crippen molar-refractivity contribution < 1.29 is 32.6 Å². The van der Waals surface area contributed by atoms with Gasteiger partial charge in [-0.1, -0.05) is 23.7 Å². The zero-order chi connectivity index (χ0) is 23.8. The summed E-state index contributed by atoms with van der Waals surface area (Å²) in [5.41, 5.74) is -0.178. The summed E-state index contributed by atoms with van der Waals surface area (Å²) in [6, 6.07) is 7.25. The monoisotopic (exact) mass is 468 g/mol. The number of hydrogen-bond acceptors (Lipinski definition) is 4. The number of para-hydroxylation sites is 1. The third-order valence-electron chi connectivity index (χ3n) is 5.25. The van der Waals surface area contributed by atoms with Crippen LogP contribution in [0, 0.1) is 0 Å². The van der Waals surface area contributed by atoms with Gasteiger partial charge in [0.15, 0.2) is 0 Å². The van der Waals surface area contributed by atoms with E-state index in [0.29, 0.717) is 11.3 Å². The molecule has 0 fully saturated rings. The average molecular weight is 469 g/mol. The van der Waals surface area contributed by atoms with E-state index in [2.05, 4.69) is 5.32 Å². The van der Waals surface area contributed by atoms with Gasteiger partial charge in [-0.2, -0.15) is 13.2 Å². The zero-order valence-electron chi connectivity index (χ0n) is 17.4. The molecule has 1 atom stereocenters. The van der Waals surface area contributed by atoms with Crippen LogP contribution in [-0.4, -0.2) is 30.1 Å². The van der Waals surface area contributed by atoms with Gasteiger partial charge in [0.2, 0.25) is 0 Å². The maximum atomic E-state index is 13.5. The highest BCUT2D eigenvalue weighted by Gasteiger charge is 2.39. The lowest BCUT2D eigenvalue weighted by Crippen LogP contribution is -2.28. The molecule has 1 aliphatic rings. The van der Waals surface area contributed by atoms with Crippen molar-refractivity contribution in [1.29, 1.82) is 0 Å². The minimum atomic E-state index is -4.54. The number of allylic oxidation sites excluding steroid dienone is 1. The summed E-state index contributed by atoms with van der Waals surface area (Å²) in [5.74, 6) is -1.79. The molecule has 0 saturated carbocycles. The van der Waals surface area contributed by atoms with Gasteiger partial charge < -0.3 is 20.1 Å². The topological polar surface area (TPSA) is 78.9 Å². The average Bonchev–Trinajstić information content (AvgIpc) is 3.02. The molecule has 0 spiro atoms. The van der Waals surface area contributed by atoms with Crippen LogP contribution in [-0.2, 0) is 11.0 Å². The molecule has 3 rings (SSSR count). The first-order chi connectivity index (χ1) is 15.0. The van der Waals surface area contributed by atoms with Crippen molar-refractivity contribution in [3.05, 3.63) is 63.8 Å². The Kier molecular flexibility index (Phi) is 6.41. The fourth-order valence-corrected chi connectivity index (χ4v) is 4.00. The van der Waals surface area contributed by atoms with E-state index in [0.717, 1.165) is 12.1 Å². The summed E-state index contributed by atoms with van der Waals surface area (Å²) < 4.78 is 45.6. The number of benzene rings is 2. The summed E-state index contributed by atoms with van der Waals surface area (Å²) in [7, 11) is 1.28. The van der Waals surface area contributed by atoms with Crippen LogP contribution in [0.15, 0.2) is 47.7 Å². The van der Waals surface area contributed by atoms with Crippen LogP contribution in [0.25, 0.3) is 0 Å². The van der Waals surface area contributed by atoms with Crippen molar-refractivity contribution in [2.45, 2.75) is 32.5 Å². The largest absolute Gasteiger partial charge is 0.496 e. The molecule has 0 aliphatic carbocycles. The summed E-state index contributed by atoms with van der Waals surface area (Å²) >= 11 is 6.13. The van der Waals surface area contributed by atoms with Gasteiger partial charge in [0, 0.05) is 29.8 Å². The van der Waals surface area contributed by atoms with E-state index in [9.17, 15) is 27.9 Å². The third-order valence-corrected chi connectivity index (χ3v) is 5.56. The number of carboxylic acid groups (broad SMARTS) is 1. The smallest absolute Gasteiger partial charge is 0.418 e. The number of nitrogens with one attached hydrogen (secondary N) is 1. The lowest BCUT2D eigenvalue weighted by molar-refractivity contribution is -0.137. The number of carbonyl (C=O) groups excluding carboxylic acids is 1. The quantitative estimate of drug-likeness (QED) is 0.599. The molecular formula is C22H20ClF3N2O4. The number of ether oxygens (including phenoxy) is 1. The fourth-order valence-electron chi connectivity index (χ4n) is 3.79. The Balaban J connectivity index is 1.96. The first-order valence-corrected chi connectivity index (χ1v) is 9.90. The Morgan fingerprint density at radius 3 is 2.50 bits per heavy atom. The number of aromatic carboxylic acids is 1. The molecule has 1 unspecified atom stereocenters. The Hall–Kier alpha value is -3.20. The first-order valence-electron chi connectivity index (χ1n) is 9.53. The highest BCUT2D eigenvalue weighted by molar-refractivity contribution is 6.34. The summed E-state index contributed by atoms with van der Waals surface area (Å²) in [5, 5.41) is 11.8. The number of amides is 1. The van der Waals surface area contributed by atoms with Crippen LogP contribution in [0.1, 0.15) is 36.2 Å². The highest BCUT2D eigenvalue weighted by Crippen LogP contribution is 2.42. The predicted molar refractivity (Wildman–Crippen MR) is 114 cm³/mol. The molecule has 2 N–H and O–H groups in total. The number of halogens is 4. The van der Waals surface area contributed by atoms with Crippen molar-refractivity contribution in [1.82, 2.24) is 0 Å². The lowest BCUT2D eigenvalue weighted by atomic mass is 10.1. The summed E-state index contributed by atoms with van der Waals surface area (Å²) in [6.07, 6.45) is -4.33. The zero-order valence-corrected chi connectivity index (χ0v) is 18.1. The maximum absolute atomic E-state index is 13.5. The number of hydrogen-bond donors (Lipinski definition) is 2. The van der Waals surface area contributed by atoms with Crippen LogP contribution in [0.5, 0.6) is 5.75 Å². The molecule has 1 amide bonds. The molecule has 10 heteroatoms. The van der Waals surface area contributed by atoms with Gasteiger partial charge in [-0.15, -0.1) is 0 Å². The van der Waals surface area contributed by atoms with E-state index >= 15 is 0 Å². The molecule has 32 heavy (non-hydrogen) atoms. The molecule has 0 radical (unpaired) electrons. The Labute approximate surface area is 187 Å². The Bertz CT molecular complexity index is 1110. The second-order valence-corrected chi connectivity index (χ2v) is 7.70. The minimum Gasteiger partial charge on any atom is -0.496 e. The lowest BCUT2D eigenvalue weighted by Gasteiger charge is -2.28. The van der Waals surface area contributed by atoms with Crippen LogP contribution >= 0.6 is 11.6 Å². The minimum absolute atomic E-state index is 0.00317. The van der Waals surface area contributed by atoms with Crippen LogP contribution in [0.3, 0.4) is 0 Å². The van der Waals surface area contributed by atoms with Crippen LogP contribution < -0.4 is 15.0 Å². The number of alkyl halides is 3. The van der Waals surface area contributed by atoms with Crippen molar-refractivity contribution in [2.75, 3.05) is 17.3 Å². The molecule has 2 aromatic carbocycles. The van der Waals surface area contributed by atoms with Crippen LogP contribution in [0.2, 0.25) is 5.02 Å². The Morgan fingerprint density at radius 1 is 1.25 bits per heavy atom. The highest BCUT2D eigenvalue weighted by atomic mass is 35.5. The SMILES string of the molecule is COc1cc(NC(=O)C2=C(C)N(c3ccccc3C(F)(F)F)C(C)C2)c(Cl)cc1C(=O)O. The van der Waals surface area contributed by atoms with E-state index in [4.69, 9.17) is 16.3 Å². The first kappa shape index (κ1) is 23.5. The number of carboxylic acids is 1. The van der Waals surface area contributed by atoms with Gasteiger partial charge in [-0.3, -0.25) is 4.79 Å². The van der Waals surface area contributed by atoms with Gasteiger partial charge in [0.1, 0.15) is 11.3 Å². The molecule has 6 nitrogen and oxygen atoms in total. The second-order valence-electron chi connectivity index (χ2n) is 7.29. The predicted octanol–water partition coefficient (Wildman–Crippen LogP) is 5.58. The molecule has 2 aromatic rings. The molecule has 1 aliphatic heterocycles. The van der Waals surface area contributed by atoms with Crippen LogP contribution in [0.4, 0.5) is 24.5 Å². The van der Waals surface area contributed by atoms with E-state index < -0.39 is 29.7 Å². The van der Waals surface area contributed by atoms with Crippen molar-refractivity contribution >= 4 is 34.9 Å². The normalized spacial score (nSPS) is 16.3. The van der Waals surface area contributed by atoms with Crippen molar-refractivity contribution in [2.24, 2.45) is 0 Å². The number of methoxy groups -OCH3 is 1. The molecule has 170 valence electrons. The second kappa shape index (κ2) is 8.74.